The number of aromatic nitrogens is 2. The van der Waals surface area contributed by atoms with Crippen LogP contribution >= 0.6 is 0 Å². The number of hydrogen-bond acceptors (Lipinski definition) is 5. The van der Waals surface area contributed by atoms with Gasteiger partial charge in [-0.25, -0.2) is 9.97 Å². The molecule has 3 aliphatic rings. The van der Waals surface area contributed by atoms with Gasteiger partial charge in [0.2, 0.25) is 5.91 Å². The Labute approximate surface area is 143 Å². The molecule has 3 fully saturated rings. The van der Waals surface area contributed by atoms with Crippen molar-refractivity contribution in [1.29, 1.82) is 0 Å². The third kappa shape index (κ3) is 2.94. The monoisotopic (exact) mass is 330 g/mol. The molecule has 2 aliphatic heterocycles. The van der Waals surface area contributed by atoms with Crippen LogP contribution in [-0.4, -0.2) is 52.1 Å². The van der Waals surface area contributed by atoms with Crippen molar-refractivity contribution < 1.29 is 9.53 Å². The first-order valence-corrected chi connectivity index (χ1v) is 9.17. The molecule has 24 heavy (non-hydrogen) atoms. The van der Waals surface area contributed by atoms with Crippen LogP contribution in [0.5, 0.6) is 5.88 Å². The van der Waals surface area contributed by atoms with Crippen molar-refractivity contribution in [2.75, 3.05) is 18.0 Å². The molecule has 4 rings (SSSR count). The first-order chi connectivity index (χ1) is 11.6. The molecule has 0 unspecified atom stereocenters. The van der Waals surface area contributed by atoms with Gasteiger partial charge in [-0.1, -0.05) is 0 Å². The Kier molecular flexibility index (Phi) is 4.06. The maximum absolute atomic E-state index is 12.3. The second-order valence-corrected chi connectivity index (χ2v) is 7.48. The highest BCUT2D eigenvalue weighted by molar-refractivity contribution is 5.78. The van der Waals surface area contributed by atoms with Gasteiger partial charge in [0.05, 0.1) is 6.10 Å². The van der Waals surface area contributed by atoms with E-state index in [9.17, 15) is 4.79 Å². The highest BCUT2D eigenvalue weighted by Gasteiger charge is 2.45. The number of fused-ring (bicyclic) bond motifs is 1. The van der Waals surface area contributed by atoms with Gasteiger partial charge in [-0.15, -0.1) is 0 Å². The predicted molar refractivity (Wildman–Crippen MR) is 91.0 cm³/mol. The zero-order chi connectivity index (χ0) is 16.7. The van der Waals surface area contributed by atoms with Crippen molar-refractivity contribution in [3.05, 3.63) is 12.4 Å². The molecule has 0 radical (unpaired) electrons. The van der Waals surface area contributed by atoms with Crippen LogP contribution in [0.2, 0.25) is 0 Å². The molecule has 6 heteroatoms. The zero-order valence-electron chi connectivity index (χ0n) is 14.5. The quantitative estimate of drug-likeness (QED) is 0.847. The number of piperidine rings is 2. The Morgan fingerprint density at radius 1 is 1.17 bits per heavy atom. The van der Waals surface area contributed by atoms with Gasteiger partial charge in [-0.2, -0.15) is 0 Å². The Hall–Kier alpha value is -1.85. The average Bonchev–Trinajstić information content (AvgIpc) is 3.39. The molecule has 2 saturated heterocycles. The van der Waals surface area contributed by atoms with Gasteiger partial charge in [0.15, 0.2) is 5.82 Å². The maximum Gasteiger partial charge on any atom is 0.257 e. The van der Waals surface area contributed by atoms with E-state index in [4.69, 9.17) is 4.74 Å². The number of amides is 1. The summed E-state index contributed by atoms with van der Waals surface area (Å²) in [5.74, 6) is 2.37. The summed E-state index contributed by atoms with van der Waals surface area (Å²) in [7, 11) is 0. The van der Waals surface area contributed by atoms with Gasteiger partial charge in [0.25, 0.3) is 5.88 Å². The molecule has 0 spiro atoms. The van der Waals surface area contributed by atoms with Crippen LogP contribution in [0.15, 0.2) is 12.4 Å². The summed E-state index contributed by atoms with van der Waals surface area (Å²) >= 11 is 0. The number of rotatable bonds is 4. The Morgan fingerprint density at radius 3 is 2.71 bits per heavy atom. The minimum absolute atomic E-state index is 0.0793. The first-order valence-electron chi connectivity index (χ1n) is 9.17. The maximum atomic E-state index is 12.3. The molecular formula is C18H26N4O2. The summed E-state index contributed by atoms with van der Waals surface area (Å²) in [6.45, 7) is 5.86. The van der Waals surface area contributed by atoms with Gasteiger partial charge in [0, 0.05) is 44.0 Å². The fraction of sp³-hybridized carbons (Fsp3) is 0.722. The summed E-state index contributed by atoms with van der Waals surface area (Å²) in [4.78, 5) is 25.7. The Balaban J connectivity index is 1.52. The average molecular weight is 330 g/mol. The topological polar surface area (TPSA) is 58.6 Å². The van der Waals surface area contributed by atoms with Crippen LogP contribution in [0.1, 0.15) is 46.0 Å². The molecule has 0 aromatic carbocycles. The fourth-order valence-electron chi connectivity index (χ4n) is 4.15. The fourth-order valence-corrected chi connectivity index (χ4v) is 4.15. The summed E-state index contributed by atoms with van der Waals surface area (Å²) in [6.07, 6.45) is 8.58. The summed E-state index contributed by atoms with van der Waals surface area (Å²) in [5.41, 5.74) is 0. The molecule has 1 aromatic heterocycles. The van der Waals surface area contributed by atoms with Crippen LogP contribution < -0.4 is 9.64 Å². The van der Waals surface area contributed by atoms with E-state index < -0.39 is 0 Å². The van der Waals surface area contributed by atoms with Gasteiger partial charge < -0.3 is 14.5 Å². The third-order valence-corrected chi connectivity index (χ3v) is 5.30. The lowest BCUT2D eigenvalue weighted by Crippen LogP contribution is -2.57. The zero-order valence-corrected chi connectivity index (χ0v) is 14.5. The lowest BCUT2D eigenvalue weighted by molar-refractivity contribution is -0.140. The van der Waals surface area contributed by atoms with E-state index in [1.807, 2.05) is 13.8 Å². The summed E-state index contributed by atoms with van der Waals surface area (Å²) < 4.78 is 5.84. The minimum Gasteiger partial charge on any atom is -0.472 e. The van der Waals surface area contributed by atoms with Crippen LogP contribution in [0.25, 0.3) is 0 Å². The van der Waals surface area contributed by atoms with Crippen LogP contribution in [0.4, 0.5) is 5.82 Å². The predicted octanol–water partition coefficient (Wildman–Crippen LogP) is 2.24. The van der Waals surface area contributed by atoms with E-state index in [-0.39, 0.29) is 6.10 Å². The molecule has 1 aromatic rings. The van der Waals surface area contributed by atoms with Gasteiger partial charge >= 0.3 is 0 Å². The van der Waals surface area contributed by atoms with E-state index in [0.29, 0.717) is 36.2 Å². The second-order valence-electron chi connectivity index (χ2n) is 7.48. The standard InChI is InChI=1S/C18H26N4O2/c1-12(2)24-18-17(19-8-9-20-18)21-10-7-15-13(11-21)3-6-16(23)22(15)14-4-5-14/h8-9,12-15H,3-7,10-11H2,1-2H3/t13-,15-/m0/s1. The molecule has 0 N–H and O–H groups in total. The number of nitrogens with zero attached hydrogens (tertiary/aromatic N) is 4. The van der Waals surface area contributed by atoms with Crippen LogP contribution in [0.3, 0.4) is 0 Å². The number of carbonyl (C=O) groups is 1. The highest BCUT2D eigenvalue weighted by Crippen LogP contribution is 2.40. The molecular weight excluding hydrogens is 304 g/mol. The normalized spacial score (nSPS) is 27.4. The molecule has 1 amide bonds. The van der Waals surface area contributed by atoms with Gasteiger partial charge in [-0.3, -0.25) is 4.79 Å². The van der Waals surface area contributed by atoms with E-state index in [0.717, 1.165) is 31.7 Å². The van der Waals surface area contributed by atoms with Crippen molar-refractivity contribution in [1.82, 2.24) is 14.9 Å². The minimum atomic E-state index is 0.0793. The number of likely N-dealkylation sites (tertiary alicyclic amines) is 1. The van der Waals surface area contributed by atoms with Crippen LogP contribution in [-0.2, 0) is 4.79 Å². The smallest absolute Gasteiger partial charge is 0.257 e. The van der Waals surface area contributed by atoms with Gasteiger partial charge in [0.1, 0.15) is 0 Å². The van der Waals surface area contributed by atoms with Crippen molar-refractivity contribution >= 4 is 11.7 Å². The Bertz CT molecular complexity index is 617. The van der Waals surface area contributed by atoms with Crippen molar-refractivity contribution in [3.63, 3.8) is 0 Å². The summed E-state index contributed by atoms with van der Waals surface area (Å²) in [5, 5.41) is 0. The lowest BCUT2D eigenvalue weighted by Gasteiger charge is -2.47. The van der Waals surface area contributed by atoms with E-state index >= 15 is 0 Å². The first kappa shape index (κ1) is 15.7. The Morgan fingerprint density at radius 2 is 1.96 bits per heavy atom. The van der Waals surface area contributed by atoms with Crippen LogP contribution in [0, 0.1) is 5.92 Å². The van der Waals surface area contributed by atoms with E-state index in [1.54, 1.807) is 12.4 Å². The molecule has 130 valence electrons. The number of ether oxygens (including phenoxy) is 1. The number of carbonyl (C=O) groups excluding carboxylic acids is 1. The summed E-state index contributed by atoms with van der Waals surface area (Å²) in [6, 6.07) is 0.939. The van der Waals surface area contributed by atoms with Crippen molar-refractivity contribution in [2.24, 2.45) is 5.92 Å². The lowest BCUT2D eigenvalue weighted by atomic mass is 9.83. The van der Waals surface area contributed by atoms with E-state index in [1.165, 1.54) is 12.8 Å². The molecule has 0 bridgehead atoms. The molecule has 2 atom stereocenters. The highest BCUT2D eigenvalue weighted by atomic mass is 16.5. The third-order valence-electron chi connectivity index (χ3n) is 5.30. The van der Waals surface area contributed by atoms with Crippen molar-refractivity contribution in [3.8, 4) is 5.88 Å². The molecule has 1 saturated carbocycles. The largest absolute Gasteiger partial charge is 0.472 e. The van der Waals surface area contributed by atoms with Gasteiger partial charge in [-0.05, 0) is 45.4 Å². The second kappa shape index (κ2) is 6.22. The number of hydrogen-bond donors (Lipinski definition) is 0. The van der Waals surface area contributed by atoms with Crippen molar-refractivity contribution in [2.45, 2.75) is 64.1 Å². The van der Waals surface area contributed by atoms with E-state index in [2.05, 4.69) is 19.8 Å². The number of anilines is 1. The SMILES string of the molecule is CC(C)Oc1nccnc1N1CC[C@H]2[C@@H](CCC(=O)N2C2CC2)C1. The molecule has 1 aliphatic carbocycles. The molecule has 6 nitrogen and oxygen atoms in total. The molecule has 3 heterocycles.